The summed E-state index contributed by atoms with van der Waals surface area (Å²) >= 11 is 0. The number of nitrogens with one attached hydrogen (secondary N) is 1. The van der Waals surface area contributed by atoms with Crippen LogP contribution in [0, 0.1) is 25.6 Å². The largest absolute Gasteiger partial charge is 0.312 e. The Labute approximate surface area is 152 Å². The Balaban J connectivity index is 1.65. The number of nitrogens with zero attached hydrogens (tertiary/aromatic N) is 1. The van der Waals surface area contributed by atoms with E-state index in [9.17, 15) is 17.6 Å². The molecule has 0 aromatic heterocycles. The molecule has 1 aliphatic heterocycles. The van der Waals surface area contributed by atoms with E-state index >= 15 is 0 Å². The van der Waals surface area contributed by atoms with Gasteiger partial charge < -0.3 is 4.90 Å². The van der Waals surface area contributed by atoms with E-state index in [1.807, 2.05) is 13.8 Å². The van der Waals surface area contributed by atoms with Gasteiger partial charge in [-0.25, -0.2) is 17.5 Å². The van der Waals surface area contributed by atoms with Gasteiger partial charge in [0.15, 0.2) is 0 Å². The van der Waals surface area contributed by atoms with Gasteiger partial charge in [0.1, 0.15) is 5.82 Å². The van der Waals surface area contributed by atoms with Gasteiger partial charge in [-0.05, 0) is 67.3 Å². The number of benzene rings is 2. The fourth-order valence-corrected chi connectivity index (χ4v) is 4.18. The number of halogens is 1. The number of aryl methyl sites for hydroxylation is 2. The second kappa shape index (κ2) is 7.17. The first-order chi connectivity index (χ1) is 12.3. The van der Waals surface area contributed by atoms with Crippen molar-refractivity contribution in [1.82, 2.24) is 4.72 Å². The summed E-state index contributed by atoms with van der Waals surface area (Å²) in [5.41, 5.74) is 2.56. The molecule has 0 radical (unpaired) electrons. The summed E-state index contributed by atoms with van der Waals surface area (Å²) in [6.07, 6.45) is 0.257. The summed E-state index contributed by atoms with van der Waals surface area (Å²) in [4.78, 5) is 14.0. The highest BCUT2D eigenvalue weighted by molar-refractivity contribution is 7.89. The number of hydrogen-bond acceptors (Lipinski definition) is 3. The predicted octanol–water partition coefficient (Wildman–Crippen LogP) is 2.77. The predicted molar refractivity (Wildman–Crippen MR) is 98.0 cm³/mol. The summed E-state index contributed by atoms with van der Waals surface area (Å²) in [6.45, 7) is 4.37. The summed E-state index contributed by atoms with van der Waals surface area (Å²) < 4.78 is 40.6. The number of hydrogen-bond donors (Lipinski definition) is 1. The molecule has 1 heterocycles. The molecule has 0 spiro atoms. The van der Waals surface area contributed by atoms with Crippen molar-refractivity contribution in [3.05, 3.63) is 59.4 Å². The lowest BCUT2D eigenvalue weighted by Crippen LogP contribution is -2.31. The zero-order chi connectivity index (χ0) is 18.9. The van der Waals surface area contributed by atoms with Crippen molar-refractivity contribution in [3.63, 3.8) is 0 Å². The number of anilines is 1. The maximum Gasteiger partial charge on any atom is 0.240 e. The first kappa shape index (κ1) is 18.5. The van der Waals surface area contributed by atoms with E-state index in [0.29, 0.717) is 12.2 Å². The van der Waals surface area contributed by atoms with Crippen LogP contribution in [-0.2, 0) is 14.8 Å². The van der Waals surface area contributed by atoms with E-state index in [1.54, 1.807) is 35.2 Å². The van der Waals surface area contributed by atoms with Crippen molar-refractivity contribution in [2.75, 3.05) is 18.0 Å². The fourth-order valence-electron chi connectivity index (χ4n) is 2.98. The molecule has 2 aromatic rings. The van der Waals surface area contributed by atoms with Gasteiger partial charge in [0, 0.05) is 25.2 Å². The van der Waals surface area contributed by atoms with Crippen molar-refractivity contribution >= 4 is 21.6 Å². The van der Waals surface area contributed by atoms with Crippen molar-refractivity contribution in [2.45, 2.75) is 25.2 Å². The number of carbonyl (C=O) groups is 1. The highest BCUT2D eigenvalue weighted by atomic mass is 32.2. The molecule has 5 nitrogen and oxygen atoms in total. The van der Waals surface area contributed by atoms with Crippen LogP contribution in [0.2, 0.25) is 0 Å². The molecule has 26 heavy (non-hydrogen) atoms. The molecule has 1 aliphatic rings. The van der Waals surface area contributed by atoms with Crippen molar-refractivity contribution < 1.29 is 17.6 Å². The van der Waals surface area contributed by atoms with E-state index in [2.05, 4.69) is 4.72 Å². The Bertz CT molecular complexity index is 926. The Morgan fingerprint density at radius 1 is 1.12 bits per heavy atom. The minimum absolute atomic E-state index is 0.0908. The molecule has 1 atom stereocenters. The van der Waals surface area contributed by atoms with E-state index in [-0.39, 0.29) is 35.5 Å². The first-order valence-corrected chi connectivity index (χ1v) is 9.87. The summed E-state index contributed by atoms with van der Waals surface area (Å²) in [5.74, 6) is -0.584. The zero-order valence-electron chi connectivity index (χ0n) is 14.7. The molecule has 0 bridgehead atoms. The van der Waals surface area contributed by atoms with Gasteiger partial charge in [-0.15, -0.1) is 0 Å². The molecule has 2 aromatic carbocycles. The van der Waals surface area contributed by atoms with Crippen LogP contribution in [0.15, 0.2) is 47.4 Å². The van der Waals surface area contributed by atoms with Crippen LogP contribution in [0.25, 0.3) is 0 Å². The molecular formula is C19H21FN2O3S. The molecule has 3 rings (SSSR count). The number of rotatable bonds is 5. The summed E-state index contributed by atoms with van der Waals surface area (Å²) in [7, 11) is -3.62. The lowest BCUT2D eigenvalue weighted by molar-refractivity contribution is -0.117. The smallest absolute Gasteiger partial charge is 0.240 e. The molecular weight excluding hydrogens is 355 g/mol. The third kappa shape index (κ3) is 3.94. The Hall–Kier alpha value is -2.25. The average Bonchev–Trinajstić information content (AvgIpc) is 2.97. The molecule has 1 saturated heterocycles. The SMILES string of the molecule is Cc1ccc(S(=O)(=O)NC[C@@H]2CC(=O)N(c3ccc(F)cc3)C2)cc1C. The average molecular weight is 376 g/mol. The standard InChI is InChI=1S/C19H21FN2O3S/c1-13-3-8-18(9-14(13)2)26(24,25)21-11-15-10-19(23)22(12-15)17-6-4-16(20)5-7-17/h3-9,15,21H,10-12H2,1-2H3/t15-/m0/s1. The molecule has 7 heteroatoms. The molecule has 0 saturated carbocycles. The Morgan fingerprint density at radius 3 is 2.46 bits per heavy atom. The lowest BCUT2D eigenvalue weighted by Gasteiger charge is -2.17. The molecule has 1 N–H and O–H groups in total. The normalized spacial score (nSPS) is 17.7. The van der Waals surface area contributed by atoms with E-state index < -0.39 is 10.0 Å². The minimum atomic E-state index is -3.62. The first-order valence-electron chi connectivity index (χ1n) is 8.39. The monoisotopic (exact) mass is 376 g/mol. The van der Waals surface area contributed by atoms with Crippen LogP contribution >= 0.6 is 0 Å². The van der Waals surface area contributed by atoms with Crippen molar-refractivity contribution in [3.8, 4) is 0 Å². The van der Waals surface area contributed by atoms with E-state index in [1.165, 1.54) is 12.1 Å². The fraction of sp³-hybridized carbons (Fsp3) is 0.316. The highest BCUT2D eigenvalue weighted by Gasteiger charge is 2.31. The van der Waals surface area contributed by atoms with Crippen LogP contribution in [0.3, 0.4) is 0 Å². The Morgan fingerprint density at radius 2 is 1.81 bits per heavy atom. The molecule has 138 valence electrons. The quantitative estimate of drug-likeness (QED) is 0.873. The summed E-state index contributed by atoms with van der Waals surface area (Å²) in [5, 5.41) is 0. The third-order valence-corrected chi connectivity index (χ3v) is 6.12. The second-order valence-corrected chi connectivity index (χ2v) is 8.42. The lowest BCUT2D eigenvalue weighted by atomic mass is 10.1. The topological polar surface area (TPSA) is 66.5 Å². The zero-order valence-corrected chi connectivity index (χ0v) is 15.5. The maximum absolute atomic E-state index is 13.0. The van der Waals surface area contributed by atoms with E-state index in [0.717, 1.165) is 11.1 Å². The summed E-state index contributed by atoms with van der Waals surface area (Å²) in [6, 6.07) is 10.7. The van der Waals surface area contributed by atoms with Gasteiger partial charge in [0.2, 0.25) is 15.9 Å². The molecule has 0 aliphatic carbocycles. The van der Waals surface area contributed by atoms with Crippen LogP contribution in [-0.4, -0.2) is 27.4 Å². The third-order valence-electron chi connectivity index (χ3n) is 4.69. The van der Waals surface area contributed by atoms with Crippen LogP contribution in [0.1, 0.15) is 17.5 Å². The van der Waals surface area contributed by atoms with E-state index in [4.69, 9.17) is 0 Å². The number of carbonyl (C=O) groups excluding carboxylic acids is 1. The maximum atomic E-state index is 13.0. The van der Waals surface area contributed by atoms with Gasteiger partial charge in [-0.2, -0.15) is 0 Å². The number of sulfonamides is 1. The van der Waals surface area contributed by atoms with Crippen LogP contribution in [0.4, 0.5) is 10.1 Å². The highest BCUT2D eigenvalue weighted by Crippen LogP contribution is 2.25. The molecule has 0 unspecified atom stereocenters. The number of amides is 1. The van der Waals surface area contributed by atoms with Crippen molar-refractivity contribution in [1.29, 1.82) is 0 Å². The Kier molecular flexibility index (Phi) is 5.11. The van der Waals surface area contributed by atoms with Crippen LogP contribution < -0.4 is 9.62 Å². The van der Waals surface area contributed by atoms with Gasteiger partial charge in [0.05, 0.1) is 4.90 Å². The van der Waals surface area contributed by atoms with Gasteiger partial charge >= 0.3 is 0 Å². The van der Waals surface area contributed by atoms with Crippen LogP contribution in [0.5, 0.6) is 0 Å². The van der Waals surface area contributed by atoms with Gasteiger partial charge in [-0.1, -0.05) is 6.07 Å². The minimum Gasteiger partial charge on any atom is -0.312 e. The van der Waals surface area contributed by atoms with Gasteiger partial charge in [-0.3, -0.25) is 4.79 Å². The molecule has 1 amide bonds. The van der Waals surface area contributed by atoms with Gasteiger partial charge in [0.25, 0.3) is 0 Å². The second-order valence-electron chi connectivity index (χ2n) is 6.65. The molecule has 1 fully saturated rings. The van der Waals surface area contributed by atoms with Crippen molar-refractivity contribution in [2.24, 2.45) is 5.92 Å².